The zero-order valence-corrected chi connectivity index (χ0v) is 8.61. The highest BCUT2D eigenvalue weighted by atomic mass is 16.5. The summed E-state index contributed by atoms with van der Waals surface area (Å²) in [7, 11) is 0. The molecule has 4 nitrogen and oxygen atoms in total. The third-order valence-electron chi connectivity index (χ3n) is 3.10. The lowest BCUT2D eigenvalue weighted by Crippen LogP contribution is -2.55. The lowest BCUT2D eigenvalue weighted by Gasteiger charge is -2.39. The fourth-order valence-electron chi connectivity index (χ4n) is 2.28. The molecule has 2 saturated heterocycles. The predicted octanol–water partition coefficient (Wildman–Crippen LogP) is -0.221. The Morgan fingerprint density at radius 3 is 3.07 bits per heavy atom. The van der Waals surface area contributed by atoms with Crippen molar-refractivity contribution in [1.29, 1.82) is 0 Å². The van der Waals surface area contributed by atoms with Crippen LogP contribution in [0.1, 0.15) is 19.3 Å². The summed E-state index contributed by atoms with van der Waals surface area (Å²) in [6.45, 7) is 3.89. The third-order valence-corrected chi connectivity index (χ3v) is 3.10. The minimum Gasteiger partial charge on any atom is -0.394 e. The van der Waals surface area contributed by atoms with Crippen LogP contribution in [-0.4, -0.2) is 55.1 Å². The van der Waals surface area contributed by atoms with Crippen LogP contribution in [0.4, 0.5) is 0 Å². The highest BCUT2D eigenvalue weighted by molar-refractivity contribution is 4.79. The Bertz CT molecular complexity index is 172. The van der Waals surface area contributed by atoms with E-state index in [-0.39, 0.29) is 12.7 Å². The molecule has 2 N–H and O–H groups in total. The van der Waals surface area contributed by atoms with Crippen LogP contribution in [0.15, 0.2) is 0 Å². The van der Waals surface area contributed by atoms with Crippen molar-refractivity contribution in [3.05, 3.63) is 0 Å². The van der Waals surface area contributed by atoms with Crippen LogP contribution < -0.4 is 5.32 Å². The van der Waals surface area contributed by atoms with Gasteiger partial charge >= 0.3 is 0 Å². The molecule has 0 spiro atoms. The third kappa shape index (κ3) is 2.45. The molecule has 14 heavy (non-hydrogen) atoms. The van der Waals surface area contributed by atoms with Gasteiger partial charge in [-0.15, -0.1) is 0 Å². The van der Waals surface area contributed by atoms with E-state index in [1.165, 1.54) is 19.3 Å². The SMILES string of the molecule is OCC1CN(C2CCCCN2)CCO1. The summed E-state index contributed by atoms with van der Waals surface area (Å²) in [5, 5.41) is 12.6. The number of nitrogens with one attached hydrogen (secondary N) is 1. The Labute approximate surface area is 85.2 Å². The van der Waals surface area contributed by atoms with Crippen molar-refractivity contribution in [3.8, 4) is 0 Å². The molecule has 2 aliphatic heterocycles. The molecule has 2 atom stereocenters. The summed E-state index contributed by atoms with van der Waals surface area (Å²) in [6, 6.07) is 0. The minimum absolute atomic E-state index is 0.0208. The van der Waals surface area contributed by atoms with Gasteiger partial charge in [0.25, 0.3) is 0 Å². The Morgan fingerprint density at radius 2 is 2.36 bits per heavy atom. The summed E-state index contributed by atoms with van der Waals surface area (Å²) >= 11 is 0. The van der Waals surface area contributed by atoms with E-state index >= 15 is 0 Å². The lowest BCUT2D eigenvalue weighted by molar-refractivity contribution is -0.0716. The number of hydrogen-bond acceptors (Lipinski definition) is 4. The summed E-state index contributed by atoms with van der Waals surface area (Å²) in [6.07, 6.45) is 4.38. The van der Waals surface area contributed by atoms with Crippen molar-refractivity contribution >= 4 is 0 Å². The Kier molecular flexibility index (Phi) is 3.75. The molecule has 4 heteroatoms. The van der Waals surface area contributed by atoms with Gasteiger partial charge in [-0.3, -0.25) is 4.90 Å². The van der Waals surface area contributed by atoms with Crippen LogP contribution >= 0.6 is 0 Å². The molecule has 0 radical (unpaired) electrons. The Balaban J connectivity index is 1.83. The largest absolute Gasteiger partial charge is 0.394 e. The molecule has 2 rings (SSSR count). The fourth-order valence-corrected chi connectivity index (χ4v) is 2.28. The van der Waals surface area contributed by atoms with Crippen LogP contribution in [-0.2, 0) is 4.74 Å². The van der Waals surface area contributed by atoms with Crippen molar-refractivity contribution in [2.24, 2.45) is 0 Å². The van der Waals surface area contributed by atoms with Crippen molar-refractivity contribution in [1.82, 2.24) is 10.2 Å². The molecule has 0 aromatic heterocycles. The first-order valence-corrected chi connectivity index (χ1v) is 5.60. The van der Waals surface area contributed by atoms with Crippen LogP contribution in [0.25, 0.3) is 0 Å². The van der Waals surface area contributed by atoms with E-state index in [0.717, 1.165) is 26.2 Å². The van der Waals surface area contributed by atoms with Gasteiger partial charge in [0, 0.05) is 13.1 Å². The first kappa shape index (κ1) is 10.4. The molecule has 82 valence electrons. The second-order valence-corrected chi connectivity index (χ2v) is 4.14. The molecule has 0 saturated carbocycles. The average Bonchev–Trinajstić information content (AvgIpc) is 2.30. The number of ether oxygens (including phenoxy) is 1. The van der Waals surface area contributed by atoms with Crippen molar-refractivity contribution < 1.29 is 9.84 Å². The number of piperidine rings is 1. The number of nitrogens with zero attached hydrogens (tertiary/aromatic N) is 1. The molecule has 0 bridgehead atoms. The number of aliphatic hydroxyl groups is 1. The van der Waals surface area contributed by atoms with Crippen molar-refractivity contribution in [3.63, 3.8) is 0 Å². The normalized spacial score (nSPS) is 35.8. The molecule has 2 fully saturated rings. The molecule has 0 amide bonds. The number of rotatable bonds is 2. The number of morpholine rings is 1. The van der Waals surface area contributed by atoms with Gasteiger partial charge in [0.15, 0.2) is 0 Å². The second kappa shape index (κ2) is 5.07. The van der Waals surface area contributed by atoms with Crippen molar-refractivity contribution in [2.45, 2.75) is 31.5 Å². The topological polar surface area (TPSA) is 44.7 Å². The van der Waals surface area contributed by atoms with E-state index in [1.54, 1.807) is 0 Å². The molecular weight excluding hydrogens is 180 g/mol. The van der Waals surface area contributed by atoms with Crippen LogP contribution in [0.5, 0.6) is 0 Å². The number of hydrogen-bond donors (Lipinski definition) is 2. The highest BCUT2D eigenvalue weighted by Gasteiger charge is 2.26. The summed E-state index contributed by atoms with van der Waals surface area (Å²) in [5.74, 6) is 0. The van der Waals surface area contributed by atoms with Gasteiger partial charge in [0.1, 0.15) is 0 Å². The van der Waals surface area contributed by atoms with E-state index in [0.29, 0.717) is 6.17 Å². The number of aliphatic hydroxyl groups excluding tert-OH is 1. The predicted molar refractivity (Wildman–Crippen MR) is 54.0 cm³/mol. The second-order valence-electron chi connectivity index (χ2n) is 4.14. The molecule has 2 unspecified atom stereocenters. The first-order chi connectivity index (χ1) is 6.90. The van der Waals surface area contributed by atoms with E-state index in [1.807, 2.05) is 0 Å². The standard InChI is InChI=1S/C10H20N2O2/c13-8-9-7-12(5-6-14-9)10-3-1-2-4-11-10/h9-11,13H,1-8H2. The van der Waals surface area contributed by atoms with Crippen LogP contribution in [0.2, 0.25) is 0 Å². The van der Waals surface area contributed by atoms with E-state index in [2.05, 4.69) is 10.2 Å². The van der Waals surface area contributed by atoms with E-state index < -0.39 is 0 Å². The molecule has 0 aromatic carbocycles. The maximum absolute atomic E-state index is 9.04. The molecule has 2 heterocycles. The Hall–Kier alpha value is -0.160. The summed E-state index contributed by atoms with van der Waals surface area (Å²) in [5.41, 5.74) is 0. The monoisotopic (exact) mass is 200 g/mol. The first-order valence-electron chi connectivity index (χ1n) is 5.60. The zero-order valence-electron chi connectivity index (χ0n) is 8.61. The lowest BCUT2D eigenvalue weighted by atomic mass is 10.1. The quantitative estimate of drug-likeness (QED) is 0.647. The van der Waals surface area contributed by atoms with Crippen LogP contribution in [0, 0.1) is 0 Å². The Morgan fingerprint density at radius 1 is 1.43 bits per heavy atom. The van der Waals surface area contributed by atoms with Gasteiger partial charge in [-0.25, -0.2) is 0 Å². The van der Waals surface area contributed by atoms with Crippen LogP contribution in [0.3, 0.4) is 0 Å². The van der Waals surface area contributed by atoms with E-state index in [9.17, 15) is 0 Å². The summed E-state index contributed by atoms with van der Waals surface area (Å²) < 4.78 is 5.43. The highest BCUT2D eigenvalue weighted by Crippen LogP contribution is 2.14. The van der Waals surface area contributed by atoms with Gasteiger partial charge in [0.05, 0.1) is 25.5 Å². The van der Waals surface area contributed by atoms with Gasteiger partial charge in [-0.05, 0) is 25.8 Å². The fraction of sp³-hybridized carbons (Fsp3) is 1.00. The molecular formula is C10H20N2O2. The maximum Gasteiger partial charge on any atom is 0.0933 e. The van der Waals surface area contributed by atoms with Gasteiger partial charge in [0.2, 0.25) is 0 Å². The van der Waals surface area contributed by atoms with Gasteiger partial charge < -0.3 is 15.2 Å². The van der Waals surface area contributed by atoms with E-state index in [4.69, 9.17) is 9.84 Å². The molecule has 2 aliphatic rings. The van der Waals surface area contributed by atoms with Gasteiger partial charge in [-0.1, -0.05) is 0 Å². The average molecular weight is 200 g/mol. The smallest absolute Gasteiger partial charge is 0.0933 e. The zero-order chi connectivity index (χ0) is 9.80. The summed E-state index contributed by atoms with van der Waals surface area (Å²) in [4.78, 5) is 2.41. The molecule has 0 aromatic rings. The van der Waals surface area contributed by atoms with Crippen molar-refractivity contribution in [2.75, 3.05) is 32.8 Å². The molecule has 0 aliphatic carbocycles. The minimum atomic E-state index is 0.0208. The van der Waals surface area contributed by atoms with Gasteiger partial charge in [-0.2, -0.15) is 0 Å². The maximum atomic E-state index is 9.04.